The van der Waals surface area contributed by atoms with Crippen LogP contribution in [0.4, 0.5) is 0 Å². The number of aryl methyl sites for hydroxylation is 1. The third-order valence-electron chi connectivity index (χ3n) is 14.6. The third-order valence-corrected chi connectivity index (χ3v) is 14.6. The molecule has 2 aromatic rings. The summed E-state index contributed by atoms with van der Waals surface area (Å²) in [5.41, 5.74) is 1.21. The van der Waals surface area contributed by atoms with E-state index in [-0.39, 0.29) is 91.0 Å². The van der Waals surface area contributed by atoms with E-state index in [2.05, 4.69) is 48.6 Å². The quantitative estimate of drug-likeness (QED) is 0.109. The molecule has 0 bridgehead atoms. The Morgan fingerprint density at radius 3 is 1.68 bits per heavy atom. The van der Waals surface area contributed by atoms with Gasteiger partial charge in [-0.1, -0.05) is 85.7 Å². The summed E-state index contributed by atoms with van der Waals surface area (Å²) in [6.45, 7) is 20.4. The van der Waals surface area contributed by atoms with Gasteiger partial charge < -0.3 is 52.3 Å². The van der Waals surface area contributed by atoms with Crippen molar-refractivity contribution in [2.75, 3.05) is 27.2 Å². The maximum Gasteiger partial charge on any atom is 0.251 e. The van der Waals surface area contributed by atoms with Crippen molar-refractivity contribution in [1.82, 2.24) is 52.3 Å². The summed E-state index contributed by atoms with van der Waals surface area (Å²) >= 11 is 0. The number of hydrogen-bond acceptors (Lipinski definition) is 10. The summed E-state index contributed by atoms with van der Waals surface area (Å²) in [5.74, 6) is -3.01. The van der Waals surface area contributed by atoms with Crippen LogP contribution in [-0.2, 0) is 35.2 Å². The van der Waals surface area contributed by atoms with Gasteiger partial charge in [-0.05, 0) is 113 Å². The van der Waals surface area contributed by atoms with Gasteiger partial charge in [-0.2, -0.15) is 0 Å². The molecule has 0 radical (unpaired) electrons. The molecule has 2 aromatic carbocycles. The van der Waals surface area contributed by atoms with E-state index < -0.39 is 76.9 Å². The number of nitrogens with one attached hydrogen (secondary N) is 8. The van der Waals surface area contributed by atoms with Crippen molar-refractivity contribution in [3.63, 3.8) is 0 Å². The number of benzene rings is 2. The van der Waals surface area contributed by atoms with Gasteiger partial charge in [-0.25, -0.2) is 0 Å². The average molecular weight is 999 g/mol. The molecule has 8 amide bonds. The van der Waals surface area contributed by atoms with Crippen LogP contribution in [0.2, 0.25) is 0 Å². The molecule has 2 aliphatic heterocycles. The fourth-order valence-electron chi connectivity index (χ4n) is 9.54. The summed E-state index contributed by atoms with van der Waals surface area (Å²) in [4.78, 5) is 114. The number of carbonyl (C=O) groups is 8. The molecule has 1 aliphatic carbocycles. The summed E-state index contributed by atoms with van der Waals surface area (Å²) in [6, 6.07) is 8.08. The highest BCUT2D eigenvalue weighted by Crippen LogP contribution is 2.32. The Balaban J connectivity index is 1.34. The van der Waals surface area contributed by atoms with Crippen LogP contribution in [0.15, 0.2) is 48.5 Å². The normalized spacial score (nSPS) is 22.1. The second-order valence-electron chi connectivity index (χ2n) is 22.6. The monoisotopic (exact) mass is 999 g/mol. The molecule has 10 unspecified atom stereocenters. The predicted molar refractivity (Wildman–Crippen MR) is 276 cm³/mol. The molecular weight excluding hydrogens is 917 g/mol. The largest absolute Gasteiger partial charge is 0.352 e. The van der Waals surface area contributed by atoms with Crippen molar-refractivity contribution in [3.8, 4) is 0 Å². The van der Waals surface area contributed by atoms with E-state index in [0.29, 0.717) is 0 Å². The first-order valence-electron chi connectivity index (χ1n) is 25.7. The lowest BCUT2D eigenvalue weighted by atomic mass is 9.85. The number of nitrogens with zero attached hydrogens (tertiary/aromatic N) is 2. The topological polar surface area (TPSA) is 239 Å². The molecular formula is C54H82N10O8. The molecule has 72 heavy (non-hydrogen) atoms. The van der Waals surface area contributed by atoms with Crippen molar-refractivity contribution in [2.45, 2.75) is 175 Å². The molecule has 18 nitrogen and oxygen atoms in total. The minimum absolute atomic E-state index is 0.00123. The van der Waals surface area contributed by atoms with Gasteiger partial charge in [0.15, 0.2) is 0 Å². The van der Waals surface area contributed by atoms with E-state index in [1.54, 1.807) is 51.0 Å². The molecule has 2 heterocycles. The lowest BCUT2D eigenvalue weighted by molar-refractivity contribution is -0.144. The maximum atomic E-state index is 14.6. The van der Waals surface area contributed by atoms with E-state index >= 15 is 0 Å². The number of hydrogen-bond donors (Lipinski definition) is 8. The van der Waals surface area contributed by atoms with E-state index in [0.717, 1.165) is 24.8 Å². The summed E-state index contributed by atoms with van der Waals surface area (Å²) in [5, 5.41) is 23.9. The fourth-order valence-corrected chi connectivity index (χ4v) is 9.54. The molecule has 2 saturated heterocycles. The lowest BCUT2D eigenvalue weighted by Gasteiger charge is -2.36. The number of fused-ring (bicyclic) bond motifs is 1. The van der Waals surface area contributed by atoms with Crippen LogP contribution in [0.5, 0.6) is 0 Å². The highest BCUT2D eigenvalue weighted by atomic mass is 16.2. The van der Waals surface area contributed by atoms with Gasteiger partial charge in [-0.15, -0.1) is 0 Å². The van der Waals surface area contributed by atoms with Crippen LogP contribution >= 0.6 is 0 Å². The Kier molecular flexibility index (Phi) is 19.2. The highest BCUT2D eigenvalue weighted by molar-refractivity contribution is 6.00. The Morgan fingerprint density at radius 1 is 0.639 bits per heavy atom. The first-order valence-corrected chi connectivity index (χ1v) is 25.7. The Hall–Kier alpha value is -5.88. The smallest absolute Gasteiger partial charge is 0.251 e. The second-order valence-corrected chi connectivity index (χ2v) is 22.6. The zero-order valence-corrected chi connectivity index (χ0v) is 44.8. The third kappa shape index (κ3) is 14.4. The van der Waals surface area contributed by atoms with Crippen LogP contribution in [0, 0.1) is 16.7 Å². The summed E-state index contributed by atoms with van der Waals surface area (Å²) in [6.07, 6.45) is 3.02. The summed E-state index contributed by atoms with van der Waals surface area (Å²) in [7, 11) is 3.31. The van der Waals surface area contributed by atoms with E-state index in [4.69, 9.17) is 0 Å². The van der Waals surface area contributed by atoms with Gasteiger partial charge in [0.25, 0.3) is 11.8 Å². The fraction of sp³-hybridized carbons (Fsp3) is 0.630. The first-order chi connectivity index (χ1) is 33.7. The van der Waals surface area contributed by atoms with Crippen molar-refractivity contribution in [3.05, 3.63) is 70.8 Å². The van der Waals surface area contributed by atoms with E-state index in [9.17, 15) is 38.4 Å². The zero-order valence-electron chi connectivity index (χ0n) is 44.8. The van der Waals surface area contributed by atoms with Gasteiger partial charge in [0.05, 0.1) is 18.1 Å². The minimum atomic E-state index is -0.978. The van der Waals surface area contributed by atoms with Gasteiger partial charge in [0, 0.05) is 54.8 Å². The second kappa shape index (κ2) is 24.2. The van der Waals surface area contributed by atoms with Gasteiger partial charge in [0.2, 0.25) is 35.4 Å². The predicted octanol–water partition coefficient (Wildman–Crippen LogP) is 3.11. The van der Waals surface area contributed by atoms with Crippen LogP contribution in [0.25, 0.3) is 0 Å². The molecule has 0 aromatic heterocycles. The molecule has 10 atom stereocenters. The van der Waals surface area contributed by atoms with Crippen molar-refractivity contribution in [1.29, 1.82) is 0 Å². The van der Waals surface area contributed by atoms with Crippen molar-refractivity contribution >= 4 is 47.3 Å². The molecule has 8 N–H and O–H groups in total. The molecule has 0 saturated carbocycles. The van der Waals surface area contributed by atoms with Crippen LogP contribution in [0.3, 0.4) is 0 Å². The first kappa shape index (κ1) is 57.0. The van der Waals surface area contributed by atoms with Gasteiger partial charge >= 0.3 is 0 Å². The highest BCUT2D eigenvalue weighted by Gasteiger charge is 2.47. The standard InChI is InChI=1S/C54H82N10O8/c1-30(2)31(3)57-50(70)42-26-38(29-64(42)52(72)45(54(9,10)11)62-47(67)33(5)56-13)59-49(69)36-21-16-20-35(24-36)48(68)58-37-25-39(27-43(65)60-41-23-17-19-34-18-14-15-22-40(34)41)63(28-37)51(71)44(53(6,7)8)61-46(66)32(4)55-12/h14-16,18,20-22,24,30-33,37-39,41-42,44-45,55-56H,17,19,23,25-29H2,1-13H3,(H,57,70)(H,58,68)(H,59,69)(H,60,65)(H,61,66)(H,62,67). The Labute approximate surface area is 426 Å². The number of carbonyl (C=O) groups excluding carboxylic acids is 8. The SMILES string of the molecule is CNC(C)C(=O)NC(C(=O)N1CC(NC(=O)c2cccc(C(=O)NC3CC(C(=O)NC(C)C(C)C)N(C(=O)C(NC(=O)C(C)NC)C(C)(C)C)C3)c2)CC1CC(=O)NC1CCCc2ccccc21)C(C)(C)C. The minimum Gasteiger partial charge on any atom is -0.352 e. The molecule has 3 aliphatic rings. The molecule has 5 rings (SSSR count). The number of rotatable bonds is 18. The Morgan fingerprint density at radius 2 is 1.15 bits per heavy atom. The van der Waals surface area contributed by atoms with Gasteiger partial charge in [-0.3, -0.25) is 38.4 Å². The van der Waals surface area contributed by atoms with Crippen LogP contribution < -0.4 is 42.5 Å². The number of likely N-dealkylation sites (N-methyl/N-ethyl adjacent to an activating group) is 2. The summed E-state index contributed by atoms with van der Waals surface area (Å²) < 4.78 is 0. The van der Waals surface area contributed by atoms with Crippen molar-refractivity contribution in [2.24, 2.45) is 16.7 Å². The average Bonchev–Trinajstić information content (AvgIpc) is 3.94. The maximum absolute atomic E-state index is 14.6. The molecule has 396 valence electrons. The van der Waals surface area contributed by atoms with E-state index in [1.807, 2.05) is 80.5 Å². The number of likely N-dealkylation sites (tertiary alicyclic amines) is 2. The number of amides is 8. The van der Waals surface area contributed by atoms with E-state index in [1.165, 1.54) is 16.5 Å². The Bertz CT molecular complexity index is 2310. The van der Waals surface area contributed by atoms with Crippen LogP contribution in [0.1, 0.15) is 146 Å². The van der Waals surface area contributed by atoms with Gasteiger partial charge in [0.1, 0.15) is 18.1 Å². The molecule has 0 spiro atoms. The van der Waals surface area contributed by atoms with Crippen LogP contribution in [-0.4, -0.2) is 139 Å². The van der Waals surface area contributed by atoms with Crippen molar-refractivity contribution < 1.29 is 38.4 Å². The molecule has 2 fully saturated rings. The lowest BCUT2D eigenvalue weighted by Crippen LogP contribution is -2.60. The molecule has 18 heteroatoms. The zero-order chi connectivity index (χ0) is 53.4.